The number of fused-ring (bicyclic) bond motifs is 1. The largest absolute Gasteiger partial charge is 0.496 e. The molecule has 1 spiro atoms. The Kier molecular flexibility index (Phi) is 5.63. The number of methoxy groups -OCH3 is 1. The molecule has 2 aliphatic rings. The maximum Gasteiger partial charge on any atom is 0.262 e. The summed E-state index contributed by atoms with van der Waals surface area (Å²) in [6, 6.07) is 15.6. The zero-order valence-electron chi connectivity index (χ0n) is 18.9. The Morgan fingerprint density at radius 1 is 1.12 bits per heavy atom. The van der Waals surface area contributed by atoms with E-state index in [1.54, 1.807) is 19.4 Å². The third kappa shape index (κ3) is 3.99. The van der Waals surface area contributed by atoms with Crippen LogP contribution in [0.2, 0.25) is 0 Å². The van der Waals surface area contributed by atoms with Crippen LogP contribution in [0.1, 0.15) is 52.0 Å². The van der Waals surface area contributed by atoms with Gasteiger partial charge in [0.2, 0.25) is 0 Å². The van der Waals surface area contributed by atoms with E-state index < -0.39 is 0 Å². The molecule has 0 saturated carbocycles. The van der Waals surface area contributed by atoms with Gasteiger partial charge in [-0.1, -0.05) is 30.4 Å². The van der Waals surface area contributed by atoms with E-state index in [1.807, 2.05) is 39.9 Å². The van der Waals surface area contributed by atoms with Crippen LogP contribution in [-0.4, -0.2) is 30.4 Å². The number of amides is 1. The van der Waals surface area contributed by atoms with Gasteiger partial charge in [0.1, 0.15) is 5.75 Å². The Labute approximate surface area is 194 Å². The van der Waals surface area contributed by atoms with Crippen LogP contribution >= 0.6 is 0 Å². The molecule has 0 N–H and O–H groups in total. The summed E-state index contributed by atoms with van der Waals surface area (Å²) >= 11 is 0. The van der Waals surface area contributed by atoms with Crippen LogP contribution in [0, 0.1) is 5.41 Å². The van der Waals surface area contributed by atoms with E-state index in [0.717, 1.165) is 43.3 Å². The Bertz CT molecular complexity index is 1230. The number of rotatable bonds is 4. The topological polar surface area (TPSA) is 51.5 Å². The molecule has 2 heterocycles. The predicted molar refractivity (Wildman–Crippen MR) is 130 cm³/mol. The minimum Gasteiger partial charge on any atom is -0.496 e. The molecule has 2 aromatic carbocycles. The first-order valence-electron chi connectivity index (χ1n) is 11.5. The van der Waals surface area contributed by atoms with Gasteiger partial charge in [0.25, 0.3) is 5.91 Å². The fraction of sp³-hybridized carbons (Fsp3) is 0.286. The number of ether oxygens (including phenoxy) is 1. The van der Waals surface area contributed by atoms with Crippen LogP contribution in [0.15, 0.2) is 73.1 Å². The number of benzene rings is 2. The van der Waals surface area contributed by atoms with Gasteiger partial charge in [-0.3, -0.25) is 9.59 Å². The van der Waals surface area contributed by atoms with Crippen molar-refractivity contribution in [1.29, 1.82) is 0 Å². The first-order chi connectivity index (χ1) is 16.1. The normalized spacial score (nSPS) is 19.7. The van der Waals surface area contributed by atoms with E-state index in [1.165, 1.54) is 12.0 Å². The monoisotopic (exact) mass is 440 g/mol. The maximum atomic E-state index is 13.8. The van der Waals surface area contributed by atoms with Gasteiger partial charge in [-0.05, 0) is 67.3 Å². The molecule has 1 unspecified atom stereocenters. The highest BCUT2D eigenvalue weighted by Crippen LogP contribution is 2.43. The molecule has 168 valence electrons. The van der Waals surface area contributed by atoms with Crippen molar-refractivity contribution in [3.05, 3.63) is 89.8 Å². The molecular formula is C28H28N2O3. The lowest BCUT2D eigenvalue weighted by atomic mass is 9.72. The van der Waals surface area contributed by atoms with Gasteiger partial charge in [0.05, 0.1) is 12.7 Å². The number of para-hydroxylation sites is 1. The van der Waals surface area contributed by atoms with Gasteiger partial charge in [-0.2, -0.15) is 0 Å². The number of carbonyl (C=O) groups is 2. The SMILES string of the molecule is COc1cc(-n2ccc(C=O)c2)ccc1C(=O)N1CCC2(C=CCCC2)Cc2ccccc21. The molecule has 0 fully saturated rings. The molecule has 3 aromatic rings. The van der Waals surface area contributed by atoms with Gasteiger partial charge in [-0.15, -0.1) is 0 Å². The molecule has 0 bridgehead atoms. The van der Waals surface area contributed by atoms with Crippen molar-refractivity contribution in [3.63, 3.8) is 0 Å². The highest BCUT2D eigenvalue weighted by Gasteiger charge is 2.35. The number of nitrogens with zero attached hydrogens (tertiary/aromatic N) is 2. The van der Waals surface area contributed by atoms with Crippen LogP contribution in [0.5, 0.6) is 5.75 Å². The molecular weight excluding hydrogens is 412 g/mol. The van der Waals surface area contributed by atoms with E-state index in [-0.39, 0.29) is 11.3 Å². The minimum absolute atomic E-state index is 0.0521. The molecule has 5 nitrogen and oxygen atoms in total. The number of hydrogen-bond donors (Lipinski definition) is 0. The minimum atomic E-state index is -0.0521. The summed E-state index contributed by atoms with van der Waals surface area (Å²) in [5.41, 5.74) is 4.31. The maximum absolute atomic E-state index is 13.8. The molecule has 1 aromatic heterocycles. The second-order valence-electron chi connectivity index (χ2n) is 9.02. The van der Waals surface area contributed by atoms with Gasteiger partial charge >= 0.3 is 0 Å². The third-order valence-corrected chi connectivity index (χ3v) is 6.99. The van der Waals surface area contributed by atoms with Crippen molar-refractivity contribution in [2.24, 2.45) is 5.41 Å². The quantitative estimate of drug-likeness (QED) is 0.391. The Morgan fingerprint density at radius 2 is 2.00 bits per heavy atom. The van der Waals surface area contributed by atoms with Crippen molar-refractivity contribution in [3.8, 4) is 11.4 Å². The average Bonchev–Trinajstić information content (AvgIpc) is 3.28. The fourth-order valence-corrected chi connectivity index (χ4v) is 5.21. The smallest absolute Gasteiger partial charge is 0.262 e. The summed E-state index contributed by atoms with van der Waals surface area (Å²) in [5, 5.41) is 0. The number of allylic oxidation sites excluding steroid dienone is 2. The van der Waals surface area contributed by atoms with Crippen molar-refractivity contribution < 1.29 is 14.3 Å². The summed E-state index contributed by atoms with van der Waals surface area (Å²) in [6.45, 7) is 0.672. The van der Waals surface area contributed by atoms with Gasteiger partial charge < -0.3 is 14.2 Å². The number of aromatic nitrogens is 1. The number of anilines is 1. The lowest BCUT2D eigenvalue weighted by Crippen LogP contribution is -2.33. The fourth-order valence-electron chi connectivity index (χ4n) is 5.21. The lowest BCUT2D eigenvalue weighted by molar-refractivity contribution is 0.0981. The average molecular weight is 441 g/mol. The second kappa shape index (κ2) is 8.74. The Morgan fingerprint density at radius 3 is 2.76 bits per heavy atom. The Hall–Kier alpha value is -3.60. The van der Waals surface area contributed by atoms with Crippen molar-refractivity contribution in [1.82, 2.24) is 4.57 Å². The van der Waals surface area contributed by atoms with Crippen LogP contribution < -0.4 is 9.64 Å². The molecule has 1 aliphatic carbocycles. The van der Waals surface area contributed by atoms with Crippen LogP contribution in [0.3, 0.4) is 0 Å². The van der Waals surface area contributed by atoms with Crippen molar-refractivity contribution in [2.75, 3.05) is 18.6 Å². The van der Waals surface area contributed by atoms with E-state index in [9.17, 15) is 9.59 Å². The van der Waals surface area contributed by atoms with Crippen LogP contribution in [0.25, 0.3) is 5.69 Å². The van der Waals surface area contributed by atoms with Gasteiger partial charge in [0.15, 0.2) is 6.29 Å². The van der Waals surface area contributed by atoms with E-state index in [4.69, 9.17) is 4.74 Å². The molecule has 5 heteroatoms. The van der Waals surface area contributed by atoms with Crippen LogP contribution in [0.4, 0.5) is 5.69 Å². The summed E-state index contributed by atoms with van der Waals surface area (Å²) in [4.78, 5) is 26.8. The van der Waals surface area contributed by atoms with Gasteiger partial charge in [-0.25, -0.2) is 0 Å². The van der Waals surface area contributed by atoms with Gasteiger partial charge in [0, 0.05) is 41.9 Å². The second-order valence-corrected chi connectivity index (χ2v) is 9.02. The molecule has 0 radical (unpaired) electrons. The summed E-state index contributed by atoms with van der Waals surface area (Å²) < 4.78 is 7.49. The lowest BCUT2D eigenvalue weighted by Gasteiger charge is -2.32. The molecule has 5 rings (SSSR count). The molecule has 0 saturated heterocycles. The van der Waals surface area contributed by atoms with E-state index >= 15 is 0 Å². The third-order valence-electron chi connectivity index (χ3n) is 6.99. The standard InChI is InChI=1S/C28H28N2O3/c1-33-26-17-23(29-15-11-21(19-29)20-31)9-10-24(26)27(32)30-16-14-28(12-5-2-6-13-28)18-22-7-3-4-8-25(22)30/h3-5,7-12,15,17,19-20H,2,6,13-14,16,18H2,1H3. The molecule has 1 aliphatic heterocycles. The van der Waals surface area contributed by atoms with E-state index in [0.29, 0.717) is 23.4 Å². The summed E-state index contributed by atoms with van der Waals surface area (Å²) in [7, 11) is 1.58. The number of aldehydes is 1. The van der Waals surface area contributed by atoms with Crippen molar-refractivity contribution >= 4 is 17.9 Å². The number of carbonyl (C=O) groups excluding carboxylic acids is 2. The molecule has 1 amide bonds. The first-order valence-corrected chi connectivity index (χ1v) is 11.5. The zero-order valence-corrected chi connectivity index (χ0v) is 18.9. The first kappa shape index (κ1) is 21.3. The zero-order chi connectivity index (χ0) is 22.8. The predicted octanol–water partition coefficient (Wildman–Crippen LogP) is 5.62. The highest BCUT2D eigenvalue weighted by atomic mass is 16.5. The highest BCUT2D eigenvalue weighted by molar-refractivity contribution is 6.08. The Balaban J connectivity index is 1.50. The van der Waals surface area contributed by atoms with Crippen LogP contribution in [-0.2, 0) is 6.42 Å². The summed E-state index contributed by atoms with van der Waals surface area (Å²) in [6.07, 6.45) is 14.5. The number of hydrogen-bond acceptors (Lipinski definition) is 3. The van der Waals surface area contributed by atoms with E-state index in [2.05, 4.69) is 30.4 Å². The summed E-state index contributed by atoms with van der Waals surface area (Å²) in [5.74, 6) is 0.469. The molecule has 33 heavy (non-hydrogen) atoms. The molecule has 1 atom stereocenters. The van der Waals surface area contributed by atoms with Crippen molar-refractivity contribution in [2.45, 2.75) is 32.1 Å².